The van der Waals surface area contributed by atoms with Crippen molar-refractivity contribution in [1.82, 2.24) is 4.90 Å². The third kappa shape index (κ3) is 4.61. The van der Waals surface area contributed by atoms with Crippen LogP contribution in [0, 0.1) is 11.7 Å². The third-order valence-corrected chi connectivity index (χ3v) is 5.02. The minimum absolute atomic E-state index is 0.128. The van der Waals surface area contributed by atoms with E-state index in [1.807, 2.05) is 22.8 Å². The van der Waals surface area contributed by atoms with Crippen LogP contribution in [-0.2, 0) is 4.79 Å². The van der Waals surface area contributed by atoms with Crippen molar-refractivity contribution in [2.24, 2.45) is 5.92 Å². The summed E-state index contributed by atoms with van der Waals surface area (Å²) in [5, 5.41) is 8.96. The van der Waals surface area contributed by atoms with Gasteiger partial charge in [0.1, 0.15) is 5.82 Å². The first-order chi connectivity index (χ1) is 10.6. The summed E-state index contributed by atoms with van der Waals surface area (Å²) >= 11 is 1.56. The van der Waals surface area contributed by atoms with Crippen LogP contribution >= 0.6 is 11.8 Å². The highest BCUT2D eigenvalue weighted by atomic mass is 32.2. The Balaban J connectivity index is 1.77. The van der Waals surface area contributed by atoms with Crippen LogP contribution in [0.1, 0.15) is 6.92 Å². The summed E-state index contributed by atoms with van der Waals surface area (Å²) in [6, 6.07) is 6.75. The van der Waals surface area contributed by atoms with Crippen LogP contribution in [-0.4, -0.2) is 60.2 Å². The van der Waals surface area contributed by atoms with E-state index in [2.05, 4.69) is 0 Å². The van der Waals surface area contributed by atoms with E-state index in [9.17, 15) is 9.18 Å². The molecule has 1 aliphatic rings. The Morgan fingerprint density at radius 1 is 1.32 bits per heavy atom. The standard InChI is InChI=1S/C16H23FN2O2S/c1-13(10-20)11-22-12-16(21)19-8-6-18(7-9-19)15-5-3-2-4-14(15)17/h2-5,13,20H,6-12H2,1H3. The molecule has 1 N–H and O–H groups in total. The van der Waals surface area contributed by atoms with Crippen molar-refractivity contribution in [3.05, 3.63) is 30.1 Å². The first-order valence-electron chi connectivity index (χ1n) is 7.57. The number of aliphatic hydroxyl groups excluding tert-OH is 1. The van der Waals surface area contributed by atoms with Crippen molar-refractivity contribution in [3.63, 3.8) is 0 Å². The van der Waals surface area contributed by atoms with Crippen molar-refractivity contribution < 1.29 is 14.3 Å². The zero-order valence-corrected chi connectivity index (χ0v) is 13.7. The summed E-state index contributed by atoms with van der Waals surface area (Å²) in [5.41, 5.74) is 0.612. The number of hydrogen-bond donors (Lipinski definition) is 1. The lowest BCUT2D eigenvalue weighted by molar-refractivity contribution is -0.128. The molecule has 1 aromatic carbocycles. The molecule has 6 heteroatoms. The van der Waals surface area contributed by atoms with Gasteiger partial charge in [0.05, 0.1) is 11.4 Å². The number of para-hydroxylation sites is 1. The number of halogens is 1. The summed E-state index contributed by atoms with van der Waals surface area (Å²) in [7, 11) is 0. The molecule has 1 aliphatic heterocycles. The number of thioether (sulfide) groups is 1. The Bertz CT molecular complexity index is 493. The number of hydrogen-bond acceptors (Lipinski definition) is 4. The van der Waals surface area contributed by atoms with Gasteiger partial charge in [0.25, 0.3) is 0 Å². The zero-order chi connectivity index (χ0) is 15.9. The number of carbonyl (C=O) groups is 1. The molecule has 0 saturated carbocycles. The molecule has 1 amide bonds. The summed E-state index contributed by atoms with van der Waals surface area (Å²) in [5.74, 6) is 1.37. The largest absolute Gasteiger partial charge is 0.396 e. The van der Waals surface area contributed by atoms with Gasteiger partial charge in [-0.1, -0.05) is 19.1 Å². The molecule has 0 bridgehead atoms. The van der Waals surface area contributed by atoms with E-state index >= 15 is 0 Å². The molecule has 1 atom stereocenters. The molecule has 0 spiro atoms. The fourth-order valence-electron chi connectivity index (χ4n) is 2.40. The number of amides is 1. The maximum Gasteiger partial charge on any atom is 0.232 e. The van der Waals surface area contributed by atoms with Crippen LogP contribution < -0.4 is 4.90 Å². The quantitative estimate of drug-likeness (QED) is 0.866. The number of piperazine rings is 1. The average Bonchev–Trinajstić information content (AvgIpc) is 2.55. The van der Waals surface area contributed by atoms with Gasteiger partial charge in [-0.2, -0.15) is 11.8 Å². The van der Waals surface area contributed by atoms with Gasteiger partial charge in [0.2, 0.25) is 5.91 Å². The van der Waals surface area contributed by atoms with E-state index < -0.39 is 0 Å². The maximum atomic E-state index is 13.8. The fraction of sp³-hybridized carbons (Fsp3) is 0.562. The highest BCUT2D eigenvalue weighted by molar-refractivity contribution is 7.99. The van der Waals surface area contributed by atoms with Crippen LogP contribution in [0.4, 0.5) is 10.1 Å². The van der Waals surface area contributed by atoms with Gasteiger partial charge < -0.3 is 14.9 Å². The second kappa shape index (κ2) is 8.39. The van der Waals surface area contributed by atoms with Crippen molar-refractivity contribution in [2.45, 2.75) is 6.92 Å². The SMILES string of the molecule is CC(CO)CSCC(=O)N1CCN(c2ccccc2F)CC1. The Labute approximate surface area is 135 Å². The second-order valence-corrected chi connectivity index (χ2v) is 6.65. The number of rotatable bonds is 6. The number of nitrogens with zero attached hydrogens (tertiary/aromatic N) is 2. The van der Waals surface area contributed by atoms with Crippen LogP contribution in [0.5, 0.6) is 0 Å². The molecule has 1 unspecified atom stereocenters. The van der Waals surface area contributed by atoms with E-state index in [0.29, 0.717) is 37.6 Å². The van der Waals surface area contributed by atoms with E-state index in [-0.39, 0.29) is 24.2 Å². The Kier molecular flexibility index (Phi) is 6.51. The van der Waals surface area contributed by atoms with Crippen molar-refractivity contribution in [3.8, 4) is 0 Å². The molecule has 0 aromatic heterocycles. The van der Waals surface area contributed by atoms with Gasteiger partial charge in [-0.3, -0.25) is 4.79 Å². The molecular weight excluding hydrogens is 303 g/mol. The van der Waals surface area contributed by atoms with Gasteiger partial charge in [0, 0.05) is 32.8 Å². The Hall–Kier alpha value is -1.27. The zero-order valence-electron chi connectivity index (χ0n) is 12.9. The molecule has 22 heavy (non-hydrogen) atoms. The van der Waals surface area contributed by atoms with Crippen molar-refractivity contribution in [2.75, 3.05) is 49.2 Å². The monoisotopic (exact) mass is 326 g/mol. The van der Waals surface area contributed by atoms with Crippen LogP contribution in [0.2, 0.25) is 0 Å². The van der Waals surface area contributed by atoms with E-state index in [1.165, 1.54) is 6.07 Å². The molecule has 1 heterocycles. The van der Waals surface area contributed by atoms with E-state index in [0.717, 1.165) is 5.75 Å². The first kappa shape index (κ1) is 17.1. The molecule has 1 fully saturated rings. The number of carbonyl (C=O) groups excluding carboxylic acids is 1. The maximum absolute atomic E-state index is 13.8. The summed E-state index contributed by atoms with van der Waals surface area (Å²) in [6.07, 6.45) is 0. The number of aliphatic hydroxyl groups is 1. The molecular formula is C16H23FN2O2S. The molecule has 1 aromatic rings. The lowest BCUT2D eigenvalue weighted by Crippen LogP contribution is -2.49. The minimum Gasteiger partial charge on any atom is -0.396 e. The molecule has 0 aliphatic carbocycles. The predicted molar refractivity (Wildman–Crippen MR) is 88.8 cm³/mol. The Morgan fingerprint density at radius 2 is 2.00 bits per heavy atom. The minimum atomic E-state index is -0.212. The van der Waals surface area contributed by atoms with E-state index in [4.69, 9.17) is 5.11 Å². The Morgan fingerprint density at radius 3 is 2.64 bits per heavy atom. The van der Waals surface area contributed by atoms with Gasteiger partial charge in [-0.25, -0.2) is 4.39 Å². The lowest BCUT2D eigenvalue weighted by atomic mass is 10.2. The lowest BCUT2D eigenvalue weighted by Gasteiger charge is -2.36. The summed E-state index contributed by atoms with van der Waals surface area (Å²) < 4.78 is 13.8. The number of benzene rings is 1. The van der Waals surface area contributed by atoms with Crippen LogP contribution in [0.25, 0.3) is 0 Å². The van der Waals surface area contributed by atoms with Crippen molar-refractivity contribution >= 4 is 23.4 Å². The van der Waals surface area contributed by atoms with Gasteiger partial charge in [-0.15, -0.1) is 0 Å². The molecule has 2 rings (SSSR count). The smallest absolute Gasteiger partial charge is 0.232 e. The molecule has 122 valence electrons. The molecule has 4 nitrogen and oxygen atoms in total. The highest BCUT2D eigenvalue weighted by Gasteiger charge is 2.22. The summed E-state index contributed by atoms with van der Waals surface area (Å²) in [4.78, 5) is 16.0. The number of anilines is 1. The first-order valence-corrected chi connectivity index (χ1v) is 8.73. The average molecular weight is 326 g/mol. The normalized spacial score (nSPS) is 16.7. The fourth-order valence-corrected chi connectivity index (χ4v) is 3.38. The third-order valence-electron chi connectivity index (χ3n) is 3.77. The molecule has 1 saturated heterocycles. The summed E-state index contributed by atoms with van der Waals surface area (Å²) in [6.45, 7) is 4.69. The van der Waals surface area contributed by atoms with E-state index in [1.54, 1.807) is 23.9 Å². The topological polar surface area (TPSA) is 43.8 Å². The predicted octanol–water partition coefficient (Wildman–Crippen LogP) is 1.84. The second-order valence-electron chi connectivity index (χ2n) is 5.62. The van der Waals surface area contributed by atoms with Crippen LogP contribution in [0.3, 0.4) is 0 Å². The highest BCUT2D eigenvalue weighted by Crippen LogP contribution is 2.20. The van der Waals surface area contributed by atoms with Gasteiger partial charge in [0.15, 0.2) is 0 Å². The van der Waals surface area contributed by atoms with Crippen LogP contribution in [0.15, 0.2) is 24.3 Å². The molecule has 0 radical (unpaired) electrons. The van der Waals surface area contributed by atoms with Gasteiger partial charge in [-0.05, 0) is 23.8 Å². The van der Waals surface area contributed by atoms with Gasteiger partial charge >= 0.3 is 0 Å². The van der Waals surface area contributed by atoms with Crippen molar-refractivity contribution in [1.29, 1.82) is 0 Å².